The molecule has 0 radical (unpaired) electrons. The average Bonchev–Trinajstić information content (AvgIpc) is 3.00. The van der Waals surface area contributed by atoms with E-state index in [2.05, 4.69) is 26.4 Å². The smallest absolute Gasteiger partial charge is 0.239 e. The summed E-state index contributed by atoms with van der Waals surface area (Å²) in [6, 6.07) is 9.81. The van der Waals surface area contributed by atoms with Crippen LogP contribution in [0.4, 0.5) is 5.88 Å². The number of carbonyl (C=O) groups excluding carboxylic acids is 1. The van der Waals surface area contributed by atoms with Crippen molar-refractivity contribution in [2.45, 2.75) is 6.92 Å². The fourth-order valence-electron chi connectivity index (χ4n) is 2.49. The third-order valence-electron chi connectivity index (χ3n) is 3.68. The van der Waals surface area contributed by atoms with E-state index in [1.54, 1.807) is 31.4 Å². The number of carbonyl (C=O) groups is 1. The number of phenolic OH excluding ortho intramolecular Hbond substituents is 2. The van der Waals surface area contributed by atoms with E-state index in [0.717, 1.165) is 0 Å². The van der Waals surface area contributed by atoms with Gasteiger partial charge in [0.25, 0.3) is 0 Å². The Labute approximate surface area is 157 Å². The molecule has 8 heteroatoms. The molecule has 3 N–H and O–H groups in total. The van der Waals surface area contributed by atoms with Gasteiger partial charge in [0.2, 0.25) is 11.8 Å². The number of rotatable bonds is 4. The van der Waals surface area contributed by atoms with Crippen molar-refractivity contribution in [3.8, 4) is 39.6 Å². The molecule has 0 unspecified atom stereocenters. The minimum atomic E-state index is -0.321. The summed E-state index contributed by atoms with van der Waals surface area (Å²) in [6.07, 6.45) is 0. The maximum Gasteiger partial charge on any atom is 0.239 e. The summed E-state index contributed by atoms with van der Waals surface area (Å²) >= 11 is 3.22. The summed E-state index contributed by atoms with van der Waals surface area (Å²) in [7, 11) is 1.56. The van der Waals surface area contributed by atoms with Crippen LogP contribution in [0, 0.1) is 0 Å². The summed E-state index contributed by atoms with van der Waals surface area (Å²) in [5, 5.41) is 26.6. The Morgan fingerprint density at radius 2 is 1.88 bits per heavy atom. The van der Waals surface area contributed by atoms with Crippen LogP contribution in [0.3, 0.4) is 0 Å². The van der Waals surface area contributed by atoms with Gasteiger partial charge in [-0.05, 0) is 39.7 Å². The highest BCUT2D eigenvalue weighted by Gasteiger charge is 2.23. The minimum absolute atomic E-state index is 0.108. The van der Waals surface area contributed by atoms with Gasteiger partial charge in [-0.3, -0.25) is 10.1 Å². The molecular formula is C18H15BrN2O5. The summed E-state index contributed by atoms with van der Waals surface area (Å²) in [6.45, 7) is 1.36. The number of aromatic hydroxyl groups is 2. The Hall–Kier alpha value is -3.00. The maximum absolute atomic E-state index is 11.5. The average molecular weight is 419 g/mol. The lowest BCUT2D eigenvalue weighted by Crippen LogP contribution is -2.05. The van der Waals surface area contributed by atoms with Crippen molar-refractivity contribution in [1.29, 1.82) is 0 Å². The molecule has 7 nitrogen and oxygen atoms in total. The number of benzene rings is 2. The van der Waals surface area contributed by atoms with Gasteiger partial charge in [0, 0.05) is 18.6 Å². The lowest BCUT2D eigenvalue weighted by Gasteiger charge is -2.08. The van der Waals surface area contributed by atoms with Gasteiger partial charge in [-0.25, -0.2) is 0 Å². The highest BCUT2D eigenvalue weighted by molar-refractivity contribution is 9.10. The number of phenols is 2. The van der Waals surface area contributed by atoms with Crippen LogP contribution < -0.4 is 10.1 Å². The van der Waals surface area contributed by atoms with Crippen LogP contribution in [0.2, 0.25) is 0 Å². The molecule has 3 aromatic rings. The van der Waals surface area contributed by atoms with Gasteiger partial charge in [-0.15, -0.1) is 0 Å². The van der Waals surface area contributed by atoms with Crippen LogP contribution in [-0.2, 0) is 4.79 Å². The van der Waals surface area contributed by atoms with Gasteiger partial charge in [0.05, 0.1) is 17.1 Å². The molecule has 0 saturated carbocycles. The molecule has 0 spiro atoms. The lowest BCUT2D eigenvalue weighted by atomic mass is 10.00. The van der Waals surface area contributed by atoms with Crippen molar-refractivity contribution in [2.75, 3.05) is 12.4 Å². The SMILES string of the molecule is COc1ccc(-c2c(-c3cc(Br)c(O)cc3O)noc2NC(C)=O)cc1. The predicted octanol–water partition coefficient (Wildman–Crippen LogP) is 4.15. The Kier molecular flexibility index (Phi) is 4.85. The molecule has 1 aromatic heterocycles. The van der Waals surface area contributed by atoms with Crippen LogP contribution in [0.15, 0.2) is 45.4 Å². The highest BCUT2D eigenvalue weighted by Crippen LogP contribution is 2.44. The molecule has 0 saturated heterocycles. The zero-order chi connectivity index (χ0) is 18.8. The van der Waals surface area contributed by atoms with E-state index >= 15 is 0 Å². The first-order chi connectivity index (χ1) is 12.4. The highest BCUT2D eigenvalue weighted by atomic mass is 79.9. The maximum atomic E-state index is 11.5. The zero-order valence-corrected chi connectivity index (χ0v) is 15.5. The Morgan fingerprint density at radius 3 is 2.50 bits per heavy atom. The quantitative estimate of drug-likeness (QED) is 0.587. The second-order valence-corrected chi connectivity index (χ2v) is 6.32. The fraction of sp³-hybridized carbons (Fsp3) is 0.111. The fourth-order valence-corrected chi connectivity index (χ4v) is 2.83. The largest absolute Gasteiger partial charge is 0.507 e. The molecule has 0 fully saturated rings. The number of halogens is 1. The number of aromatic nitrogens is 1. The predicted molar refractivity (Wildman–Crippen MR) is 99.3 cm³/mol. The topological polar surface area (TPSA) is 105 Å². The monoisotopic (exact) mass is 418 g/mol. The Balaban J connectivity index is 2.21. The van der Waals surface area contributed by atoms with E-state index in [1.165, 1.54) is 19.1 Å². The first-order valence-corrected chi connectivity index (χ1v) is 8.33. The van der Waals surface area contributed by atoms with Crippen molar-refractivity contribution in [3.05, 3.63) is 40.9 Å². The minimum Gasteiger partial charge on any atom is -0.507 e. The number of hydrogen-bond acceptors (Lipinski definition) is 6. The van der Waals surface area contributed by atoms with Crippen LogP contribution in [0.25, 0.3) is 22.4 Å². The van der Waals surface area contributed by atoms with Gasteiger partial charge < -0.3 is 19.5 Å². The summed E-state index contributed by atoms with van der Waals surface area (Å²) in [5.74, 6) is 0.217. The van der Waals surface area contributed by atoms with Gasteiger partial charge in [-0.1, -0.05) is 17.3 Å². The van der Waals surface area contributed by atoms with Crippen molar-refractivity contribution >= 4 is 27.7 Å². The number of amides is 1. The molecule has 1 heterocycles. The molecule has 0 bridgehead atoms. The van der Waals surface area contributed by atoms with Gasteiger partial charge >= 0.3 is 0 Å². The van der Waals surface area contributed by atoms with E-state index in [4.69, 9.17) is 9.26 Å². The molecule has 3 rings (SSSR count). The van der Waals surface area contributed by atoms with Crippen molar-refractivity contribution in [1.82, 2.24) is 5.16 Å². The van der Waals surface area contributed by atoms with Crippen molar-refractivity contribution < 1.29 is 24.3 Å². The molecule has 0 aliphatic rings. The van der Waals surface area contributed by atoms with Crippen LogP contribution in [0.1, 0.15) is 6.92 Å². The van der Waals surface area contributed by atoms with E-state index < -0.39 is 0 Å². The number of nitrogens with zero attached hydrogens (tertiary/aromatic N) is 1. The molecule has 26 heavy (non-hydrogen) atoms. The summed E-state index contributed by atoms with van der Waals surface area (Å²) in [4.78, 5) is 11.5. The van der Waals surface area contributed by atoms with Gasteiger partial charge in [-0.2, -0.15) is 0 Å². The Bertz CT molecular complexity index is 966. The molecule has 0 aliphatic heterocycles. The van der Waals surface area contributed by atoms with Gasteiger partial charge in [0.15, 0.2) is 0 Å². The molecule has 1 amide bonds. The number of anilines is 1. The lowest BCUT2D eigenvalue weighted by molar-refractivity contribution is -0.114. The van der Waals surface area contributed by atoms with Gasteiger partial charge in [0.1, 0.15) is 22.9 Å². The van der Waals surface area contributed by atoms with Crippen LogP contribution >= 0.6 is 15.9 Å². The molecule has 134 valence electrons. The van der Waals surface area contributed by atoms with E-state index in [0.29, 0.717) is 32.6 Å². The third kappa shape index (κ3) is 3.36. The third-order valence-corrected chi connectivity index (χ3v) is 4.32. The van der Waals surface area contributed by atoms with Crippen molar-refractivity contribution in [2.24, 2.45) is 0 Å². The van der Waals surface area contributed by atoms with E-state index in [1.807, 2.05) is 0 Å². The van der Waals surface area contributed by atoms with E-state index in [-0.39, 0.29) is 23.3 Å². The molecular weight excluding hydrogens is 404 g/mol. The second-order valence-electron chi connectivity index (χ2n) is 5.47. The number of methoxy groups -OCH3 is 1. The molecule has 0 aliphatic carbocycles. The normalized spacial score (nSPS) is 10.6. The number of nitrogens with one attached hydrogen (secondary N) is 1. The molecule has 0 atom stereocenters. The number of hydrogen-bond donors (Lipinski definition) is 3. The number of ether oxygens (including phenoxy) is 1. The summed E-state index contributed by atoms with van der Waals surface area (Å²) < 4.78 is 10.8. The zero-order valence-electron chi connectivity index (χ0n) is 13.9. The standard InChI is InChI=1S/C18H15BrN2O5/c1-9(22)20-18-16(10-3-5-11(25-2)6-4-10)17(21-26-18)12-7-13(19)15(24)8-14(12)23/h3-8,23-24H,1-2H3,(H,20,22). The molecule has 2 aromatic carbocycles. The first kappa shape index (κ1) is 17.8. The summed E-state index contributed by atoms with van der Waals surface area (Å²) in [5.41, 5.74) is 1.85. The second kappa shape index (κ2) is 7.09. The van der Waals surface area contributed by atoms with Crippen LogP contribution in [-0.4, -0.2) is 28.4 Å². The van der Waals surface area contributed by atoms with Crippen molar-refractivity contribution in [3.63, 3.8) is 0 Å². The van der Waals surface area contributed by atoms with E-state index in [9.17, 15) is 15.0 Å². The Morgan fingerprint density at radius 1 is 1.19 bits per heavy atom. The first-order valence-electron chi connectivity index (χ1n) is 7.54. The van der Waals surface area contributed by atoms with Crippen LogP contribution in [0.5, 0.6) is 17.2 Å².